The summed E-state index contributed by atoms with van der Waals surface area (Å²) in [5, 5.41) is 13.9. The first-order valence-corrected chi connectivity index (χ1v) is 5.62. The highest BCUT2D eigenvalue weighted by atomic mass is 16.6. The molecule has 0 heterocycles. The molecule has 94 valence electrons. The Balaban J connectivity index is 2.59. The molecule has 0 aromatic heterocycles. The van der Waals surface area contributed by atoms with Crippen LogP contribution in [0.25, 0.3) is 0 Å². The van der Waals surface area contributed by atoms with Crippen LogP contribution in [-0.4, -0.2) is 24.1 Å². The first kappa shape index (κ1) is 13.4. The summed E-state index contributed by atoms with van der Waals surface area (Å²) in [4.78, 5) is 10.3. The zero-order chi connectivity index (χ0) is 12.8. The second-order valence-electron chi connectivity index (χ2n) is 4.11. The zero-order valence-electron chi connectivity index (χ0n) is 10.4. The molecule has 1 aromatic rings. The van der Waals surface area contributed by atoms with Gasteiger partial charge >= 0.3 is 0 Å². The minimum Gasteiger partial charge on any atom is -0.492 e. The third kappa shape index (κ3) is 4.03. The van der Waals surface area contributed by atoms with Crippen LogP contribution in [0.15, 0.2) is 18.2 Å². The number of hydrogen-bond acceptors (Lipinski definition) is 4. The molecule has 0 spiro atoms. The van der Waals surface area contributed by atoms with Crippen LogP contribution in [0.1, 0.15) is 19.4 Å². The Labute approximate surface area is 101 Å². The van der Waals surface area contributed by atoms with Crippen molar-refractivity contribution in [2.45, 2.75) is 26.8 Å². The number of nitrogens with zero attached hydrogens (tertiary/aromatic N) is 1. The molecule has 1 rings (SSSR count). The van der Waals surface area contributed by atoms with Crippen LogP contribution in [0.4, 0.5) is 5.69 Å². The largest absolute Gasteiger partial charge is 0.492 e. The maximum absolute atomic E-state index is 10.7. The minimum absolute atomic E-state index is 0.0966. The van der Waals surface area contributed by atoms with Crippen LogP contribution < -0.4 is 10.1 Å². The van der Waals surface area contributed by atoms with Crippen molar-refractivity contribution in [3.8, 4) is 5.75 Å². The van der Waals surface area contributed by atoms with Gasteiger partial charge in [0.15, 0.2) is 0 Å². The van der Waals surface area contributed by atoms with Gasteiger partial charge in [-0.1, -0.05) is 19.9 Å². The molecular weight excluding hydrogens is 220 g/mol. The lowest BCUT2D eigenvalue weighted by Crippen LogP contribution is -2.27. The number of hydrogen-bond donors (Lipinski definition) is 1. The molecule has 0 fully saturated rings. The van der Waals surface area contributed by atoms with Gasteiger partial charge < -0.3 is 10.1 Å². The molecule has 1 aromatic carbocycles. The molecule has 0 unspecified atom stereocenters. The van der Waals surface area contributed by atoms with Crippen LogP contribution in [0, 0.1) is 17.0 Å². The van der Waals surface area contributed by atoms with E-state index in [0.29, 0.717) is 24.0 Å². The fraction of sp³-hybridized carbons (Fsp3) is 0.500. The number of nitro benzene ring substituents is 1. The predicted molar refractivity (Wildman–Crippen MR) is 66.5 cm³/mol. The summed E-state index contributed by atoms with van der Waals surface area (Å²) < 4.78 is 5.51. The molecule has 0 amide bonds. The molecule has 0 atom stereocenters. The first-order chi connectivity index (χ1) is 8.02. The summed E-state index contributed by atoms with van der Waals surface area (Å²) >= 11 is 0. The Bertz CT molecular complexity index is 391. The molecule has 0 aliphatic carbocycles. The summed E-state index contributed by atoms with van der Waals surface area (Å²) in [6, 6.07) is 5.27. The van der Waals surface area contributed by atoms with E-state index in [4.69, 9.17) is 4.74 Å². The van der Waals surface area contributed by atoms with Crippen LogP contribution in [0.5, 0.6) is 5.75 Å². The van der Waals surface area contributed by atoms with E-state index in [2.05, 4.69) is 19.2 Å². The van der Waals surface area contributed by atoms with E-state index < -0.39 is 4.92 Å². The predicted octanol–water partition coefficient (Wildman–Crippen LogP) is 2.28. The smallest absolute Gasteiger partial charge is 0.276 e. The van der Waals surface area contributed by atoms with Crippen LogP contribution in [-0.2, 0) is 0 Å². The van der Waals surface area contributed by atoms with Gasteiger partial charge in [-0.3, -0.25) is 10.1 Å². The topological polar surface area (TPSA) is 64.4 Å². The van der Waals surface area contributed by atoms with E-state index in [-0.39, 0.29) is 5.69 Å². The monoisotopic (exact) mass is 238 g/mol. The van der Waals surface area contributed by atoms with Gasteiger partial charge in [-0.05, 0) is 13.0 Å². The van der Waals surface area contributed by atoms with Gasteiger partial charge in [0, 0.05) is 18.7 Å². The molecule has 0 aliphatic heterocycles. The number of nitrogens with one attached hydrogen (secondary N) is 1. The van der Waals surface area contributed by atoms with E-state index in [1.807, 2.05) is 0 Å². The quantitative estimate of drug-likeness (QED) is 0.469. The fourth-order valence-corrected chi connectivity index (χ4v) is 1.47. The Morgan fingerprint density at radius 1 is 1.47 bits per heavy atom. The molecule has 5 nitrogen and oxygen atoms in total. The SMILES string of the molecule is Cc1c(OCCNC(C)C)cccc1[N+](=O)[O-]. The van der Waals surface area contributed by atoms with Crippen LogP contribution >= 0.6 is 0 Å². The summed E-state index contributed by atoms with van der Waals surface area (Å²) in [5.74, 6) is 0.574. The van der Waals surface area contributed by atoms with Gasteiger partial charge in [0.25, 0.3) is 5.69 Å². The molecule has 0 saturated heterocycles. The van der Waals surface area contributed by atoms with Crippen LogP contribution in [0.3, 0.4) is 0 Å². The third-order valence-corrected chi connectivity index (χ3v) is 2.36. The highest BCUT2D eigenvalue weighted by Gasteiger charge is 2.13. The zero-order valence-corrected chi connectivity index (χ0v) is 10.4. The second kappa shape index (κ2) is 6.20. The Morgan fingerprint density at radius 2 is 2.18 bits per heavy atom. The van der Waals surface area contributed by atoms with Crippen molar-refractivity contribution in [3.05, 3.63) is 33.9 Å². The van der Waals surface area contributed by atoms with Gasteiger partial charge in [0.05, 0.1) is 10.5 Å². The van der Waals surface area contributed by atoms with E-state index in [1.165, 1.54) is 6.07 Å². The molecule has 0 aliphatic rings. The average molecular weight is 238 g/mol. The van der Waals surface area contributed by atoms with Crippen molar-refractivity contribution in [1.82, 2.24) is 5.32 Å². The van der Waals surface area contributed by atoms with Gasteiger partial charge in [0.1, 0.15) is 12.4 Å². The Morgan fingerprint density at radius 3 is 2.76 bits per heavy atom. The van der Waals surface area contributed by atoms with Crippen molar-refractivity contribution < 1.29 is 9.66 Å². The van der Waals surface area contributed by atoms with E-state index >= 15 is 0 Å². The summed E-state index contributed by atoms with van der Waals surface area (Å²) in [6.07, 6.45) is 0. The van der Waals surface area contributed by atoms with Crippen molar-refractivity contribution in [1.29, 1.82) is 0 Å². The number of rotatable bonds is 6. The molecule has 0 bridgehead atoms. The number of benzene rings is 1. The molecule has 0 saturated carbocycles. The molecule has 5 heteroatoms. The Hall–Kier alpha value is -1.62. The lowest BCUT2D eigenvalue weighted by atomic mass is 10.2. The molecular formula is C12H18N2O3. The molecule has 17 heavy (non-hydrogen) atoms. The fourth-order valence-electron chi connectivity index (χ4n) is 1.47. The molecule has 1 N–H and O–H groups in total. The summed E-state index contributed by atoms with van der Waals surface area (Å²) in [7, 11) is 0. The lowest BCUT2D eigenvalue weighted by molar-refractivity contribution is -0.385. The maximum atomic E-state index is 10.7. The van der Waals surface area contributed by atoms with Crippen molar-refractivity contribution in [3.63, 3.8) is 0 Å². The lowest BCUT2D eigenvalue weighted by Gasteiger charge is -2.11. The minimum atomic E-state index is -0.394. The number of ether oxygens (including phenoxy) is 1. The van der Waals surface area contributed by atoms with Gasteiger partial charge in [-0.2, -0.15) is 0 Å². The second-order valence-corrected chi connectivity index (χ2v) is 4.11. The Kier molecular flexibility index (Phi) is 4.90. The summed E-state index contributed by atoms with van der Waals surface area (Å²) in [6.45, 7) is 7.03. The van der Waals surface area contributed by atoms with Gasteiger partial charge in [0.2, 0.25) is 0 Å². The van der Waals surface area contributed by atoms with E-state index in [9.17, 15) is 10.1 Å². The standard InChI is InChI=1S/C12H18N2O3/c1-9(2)13-7-8-17-12-6-4-5-11(10(12)3)14(15)16/h4-6,9,13H,7-8H2,1-3H3. The highest BCUT2D eigenvalue weighted by Crippen LogP contribution is 2.26. The maximum Gasteiger partial charge on any atom is 0.276 e. The van der Waals surface area contributed by atoms with Gasteiger partial charge in [-0.15, -0.1) is 0 Å². The number of nitro groups is 1. The highest BCUT2D eigenvalue weighted by molar-refractivity contribution is 5.48. The van der Waals surface area contributed by atoms with E-state index in [0.717, 1.165) is 6.54 Å². The normalized spacial score (nSPS) is 10.6. The van der Waals surface area contributed by atoms with Crippen molar-refractivity contribution >= 4 is 5.69 Å². The summed E-state index contributed by atoms with van der Waals surface area (Å²) in [5.41, 5.74) is 0.668. The van der Waals surface area contributed by atoms with E-state index in [1.54, 1.807) is 19.1 Å². The average Bonchev–Trinajstić information content (AvgIpc) is 2.25. The third-order valence-electron chi connectivity index (χ3n) is 2.36. The molecule has 0 radical (unpaired) electrons. The van der Waals surface area contributed by atoms with Crippen molar-refractivity contribution in [2.75, 3.05) is 13.2 Å². The van der Waals surface area contributed by atoms with Gasteiger partial charge in [-0.25, -0.2) is 0 Å². The first-order valence-electron chi connectivity index (χ1n) is 5.62. The van der Waals surface area contributed by atoms with Crippen molar-refractivity contribution in [2.24, 2.45) is 0 Å². The van der Waals surface area contributed by atoms with Crippen LogP contribution in [0.2, 0.25) is 0 Å².